The Hall–Kier alpha value is -4.42. The van der Waals surface area contributed by atoms with Crippen molar-refractivity contribution in [2.45, 2.75) is 13.0 Å². The molecule has 9 heteroatoms. The Kier molecular flexibility index (Phi) is 6.71. The van der Waals surface area contributed by atoms with Gasteiger partial charge in [0, 0.05) is 11.8 Å². The summed E-state index contributed by atoms with van der Waals surface area (Å²) in [4.78, 5) is 25.7. The normalized spacial score (nSPS) is 11.3. The second kappa shape index (κ2) is 10.0. The first-order valence-electron chi connectivity index (χ1n) is 10.3. The average molecular weight is 473 g/mol. The van der Waals surface area contributed by atoms with Crippen molar-refractivity contribution in [1.82, 2.24) is 9.78 Å². The van der Waals surface area contributed by atoms with Crippen molar-refractivity contribution in [2.75, 3.05) is 12.4 Å². The summed E-state index contributed by atoms with van der Waals surface area (Å²) in [5.74, 6) is -0.622. The molecule has 0 aliphatic rings. The van der Waals surface area contributed by atoms with Gasteiger partial charge in [0.05, 0.1) is 18.4 Å². The van der Waals surface area contributed by atoms with Gasteiger partial charge in [0.15, 0.2) is 6.10 Å². The minimum atomic E-state index is -1.10. The van der Waals surface area contributed by atoms with Crippen molar-refractivity contribution in [3.8, 4) is 28.8 Å². The van der Waals surface area contributed by atoms with Gasteiger partial charge in [-0.15, -0.1) is 11.3 Å². The van der Waals surface area contributed by atoms with Gasteiger partial charge in [-0.25, -0.2) is 9.48 Å². The molecule has 1 unspecified atom stereocenters. The number of carbonyl (C=O) groups excluding carboxylic acids is 2. The number of carbonyl (C=O) groups is 2. The highest BCUT2D eigenvalue weighted by Gasteiger charge is 2.25. The largest absolute Gasteiger partial charge is 0.497 e. The predicted molar refractivity (Wildman–Crippen MR) is 128 cm³/mol. The molecule has 4 rings (SSSR count). The van der Waals surface area contributed by atoms with E-state index < -0.39 is 18.0 Å². The van der Waals surface area contributed by atoms with Crippen LogP contribution >= 0.6 is 11.3 Å². The van der Waals surface area contributed by atoms with E-state index in [4.69, 9.17) is 14.7 Å². The summed E-state index contributed by atoms with van der Waals surface area (Å²) in [5.41, 5.74) is 2.37. The van der Waals surface area contributed by atoms with Crippen LogP contribution in [0.4, 0.5) is 5.00 Å². The highest BCUT2D eigenvalue weighted by Crippen LogP contribution is 2.28. The van der Waals surface area contributed by atoms with Crippen LogP contribution in [0, 0.1) is 11.3 Å². The van der Waals surface area contributed by atoms with E-state index in [-0.39, 0.29) is 5.56 Å². The first-order chi connectivity index (χ1) is 16.5. The molecule has 0 saturated heterocycles. The van der Waals surface area contributed by atoms with Crippen molar-refractivity contribution in [3.05, 3.63) is 83.4 Å². The molecular formula is C25H20N4O4S. The van der Waals surface area contributed by atoms with Crippen LogP contribution in [-0.2, 0) is 9.53 Å². The van der Waals surface area contributed by atoms with Crippen molar-refractivity contribution >= 4 is 28.2 Å². The van der Waals surface area contributed by atoms with Gasteiger partial charge < -0.3 is 14.8 Å². The molecule has 4 aromatic rings. The number of aromatic nitrogens is 2. The van der Waals surface area contributed by atoms with E-state index in [0.717, 1.165) is 5.69 Å². The van der Waals surface area contributed by atoms with Crippen LogP contribution in [0.3, 0.4) is 0 Å². The van der Waals surface area contributed by atoms with Crippen LogP contribution in [0.1, 0.15) is 22.8 Å². The summed E-state index contributed by atoms with van der Waals surface area (Å²) in [5, 5.41) is 18.5. The SMILES string of the molecule is COc1cccc(-c2nn(-c3ccccc3)cc2C(=O)OC(C)C(=O)Nc2sccc2C#N)c1. The van der Waals surface area contributed by atoms with Gasteiger partial charge in [-0.3, -0.25) is 4.79 Å². The van der Waals surface area contributed by atoms with Crippen LogP contribution < -0.4 is 10.1 Å². The summed E-state index contributed by atoms with van der Waals surface area (Å²) >= 11 is 1.22. The lowest BCUT2D eigenvalue weighted by atomic mass is 10.1. The van der Waals surface area contributed by atoms with Gasteiger partial charge in [0.1, 0.15) is 28.1 Å². The van der Waals surface area contributed by atoms with Gasteiger partial charge in [0.2, 0.25) is 0 Å². The Balaban J connectivity index is 1.62. The first kappa shape index (κ1) is 22.8. The van der Waals surface area contributed by atoms with E-state index in [2.05, 4.69) is 10.4 Å². The van der Waals surface area contributed by atoms with Gasteiger partial charge in [0.25, 0.3) is 5.91 Å². The molecule has 2 heterocycles. The van der Waals surface area contributed by atoms with Crippen LogP contribution in [-0.4, -0.2) is 34.9 Å². The topological polar surface area (TPSA) is 106 Å². The van der Waals surface area contributed by atoms with Crippen molar-refractivity contribution in [1.29, 1.82) is 5.26 Å². The molecule has 2 aromatic heterocycles. The predicted octanol–water partition coefficient (Wildman–Crippen LogP) is 4.67. The van der Waals surface area contributed by atoms with E-state index in [1.807, 2.05) is 42.5 Å². The maximum atomic E-state index is 13.1. The number of nitrogens with zero attached hydrogens (tertiary/aromatic N) is 3. The van der Waals surface area contributed by atoms with E-state index >= 15 is 0 Å². The first-order valence-corrected chi connectivity index (χ1v) is 11.2. The maximum absolute atomic E-state index is 13.1. The summed E-state index contributed by atoms with van der Waals surface area (Å²) in [6.45, 7) is 1.47. The minimum absolute atomic E-state index is 0.200. The Bertz CT molecular complexity index is 1370. The molecule has 1 amide bonds. The molecule has 0 saturated carbocycles. The number of amides is 1. The number of thiophene rings is 1. The fourth-order valence-corrected chi connectivity index (χ4v) is 3.95. The maximum Gasteiger partial charge on any atom is 0.342 e. The third-order valence-corrected chi connectivity index (χ3v) is 5.80. The molecule has 0 aliphatic carbocycles. The number of nitrogens with one attached hydrogen (secondary N) is 1. The lowest BCUT2D eigenvalue weighted by Crippen LogP contribution is -2.30. The zero-order valence-corrected chi connectivity index (χ0v) is 19.2. The lowest BCUT2D eigenvalue weighted by Gasteiger charge is -2.13. The summed E-state index contributed by atoms with van der Waals surface area (Å²) in [6.07, 6.45) is 0.476. The zero-order chi connectivity index (χ0) is 24.1. The number of rotatable bonds is 7. The van der Waals surface area contributed by atoms with Gasteiger partial charge >= 0.3 is 5.97 Å². The number of benzene rings is 2. The minimum Gasteiger partial charge on any atom is -0.497 e. The molecule has 0 spiro atoms. The third kappa shape index (κ3) is 4.82. The number of ether oxygens (including phenoxy) is 2. The fourth-order valence-electron chi connectivity index (χ4n) is 3.21. The van der Waals surface area contributed by atoms with Gasteiger partial charge in [-0.2, -0.15) is 10.4 Å². The van der Waals surface area contributed by atoms with Crippen molar-refractivity contribution in [3.63, 3.8) is 0 Å². The van der Waals surface area contributed by atoms with Crippen LogP contribution in [0.2, 0.25) is 0 Å². The molecule has 2 aromatic carbocycles. The molecule has 0 aliphatic heterocycles. The molecule has 34 heavy (non-hydrogen) atoms. The zero-order valence-electron chi connectivity index (χ0n) is 18.4. The molecule has 8 nitrogen and oxygen atoms in total. The number of anilines is 1. The standard InChI is InChI=1S/C25H20N4O4S/c1-16(23(30)27-24-18(14-26)11-12-34-24)33-25(31)21-15-29(19-8-4-3-5-9-19)28-22(21)17-7-6-10-20(13-17)32-2/h3-13,15-16H,1-2H3,(H,27,30). The highest BCUT2D eigenvalue weighted by atomic mass is 32.1. The molecule has 0 fully saturated rings. The Labute approximate surface area is 200 Å². The smallest absolute Gasteiger partial charge is 0.342 e. The van der Waals surface area contributed by atoms with Crippen LogP contribution in [0.25, 0.3) is 16.9 Å². The van der Waals surface area contributed by atoms with Gasteiger partial charge in [-0.1, -0.05) is 30.3 Å². The second-order valence-corrected chi connectivity index (χ2v) is 8.13. The number of hydrogen-bond acceptors (Lipinski definition) is 7. The third-order valence-electron chi connectivity index (χ3n) is 4.97. The van der Waals surface area contributed by atoms with E-state index in [9.17, 15) is 9.59 Å². The number of esters is 1. The summed E-state index contributed by atoms with van der Waals surface area (Å²) in [7, 11) is 1.56. The van der Waals surface area contributed by atoms with E-state index in [1.165, 1.54) is 18.3 Å². The van der Waals surface area contributed by atoms with Crippen LogP contribution in [0.15, 0.2) is 72.2 Å². The Morgan fingerprint density at radius 1 is 1.15 bits per heavy atom. The Morgan fingerprint density at radius 2 is 1.94 bits per heavy atom. The van der Waals surface area contributed by atoms with Gasteiger partial charge in [-0.05, 0) is 42.6 Å². The average Bonchev–Trinajstić information content (AvgIpc) is 3.51. The molecule has 1 atom stereocenters. The van der Waals surface area contributed by atoms with Crippen LogP contribution in [0.5, 0.6) is 5.75 Å². The summed E-state index contributed by atoms with van der Waals surface area (Å²) in [6, 6.07) is 20.1. The van der Waals surface area contributed by atoms with Crippen molar-refractivity contribution in [2.24, 2.45) is 0 Å². The lowest BCUT2D eigenvalue weighted by molar-refractivity contribution is -0.123. The quantitative estimate of drug-likeness (QED) is 0.392. The summed E-state index contributed by atoms with van der Waals surface area (Å²) < 4.78 is 12.4. The molecule has 0 radical (unpaired) electrons. The number of para-hydroxylation sites is 1. The molecule has 170 valence electrons. The second-order valence-electron chi connectivity index (χ2n) is 7.22. The number of hydrogen-bond donors (Lipinski definition) is 1. The van der Waals surface area contributed by atoms with Crippen molar-refractivity contribution < 1.29 is 19.1 Å². The molecule has 1 N–H and O–H groups in total. The monoisotopic (exact) mass is 472 g/mol. The number of nitriles is 1. The number of methoxy groups -OCH3 is 1. The molecule has 0 bridgehead atoms. The molecular weight excluding hydrogens is 452 g/mol. The Morgan fingerprint density at radius 3 is 2.68 bits per heavy atom. The van der Waals surface area contributed by atoms with E-state index in [0.29, 0.717) is 27.6 Å². The van der Waals surface area contributed by atoms with E-state index in [1.54, 1.807) is 47.6 Å². The fraction of sp³-hybridized carbons (Fsp3) is 0.120. The highest BCUT2D eigenvalue weighted by molar-refractivity contribution is 7.14.